The maximum atomic E-state index is 12.2. The molecule has 0 bridgehead atoms. The Morgan fingerprint density at radius 1 is 1.16 bits per heavy atom. The van der Waals surface area contributed by atoms with Crippen LogP contribution in [0.4, 0.5) is 11.4 Å². The number of anilines is 2. The number of benzene rings is 2. The zero-order valence-corrected chi connectivity index (χ0v) is 16.9. The van der Waals surface area contributed by atoms with Crippen molar-refractivity contribution in [3.63, 3.8) is 0 Å². The number of nitrogens with two attached hydrogens (primary N) is 1. The summed E-state index contributed by atoms with van der Waals surface area (Å²) in [6, 6.07) is 15.8. The highest BCUT2D eigenvalue weighted by atomic mass is 79.9. The lowest BCUT2D eigenvalue weighted by atomic mass is 10.1. The Morgan fingerprint density at radius 3 is 2.52 bits per heavy atom. The normalized spacial score (nSPS) is 15.9. The van der Waals surface area contributed by atoms with Crippen molar-refractivity contribution in [2.45, 2.75) is 18.9 Å². The first-order valence-electron chi connectivity index (χ1n) is 7.75. The molecule has 1 aliphatic rings. The van der Waals surface area contributed by atoms with Gasteiger partial charge in [0.15, 0.2) is 0 Å². The van der Waals surface area contributed by atoms with Gasteiger partial charge in [-0.2, -0.15) is 0 Å². The highest BCUT2D eigenvalue weighted by Gasteiger charge is 2.24. The summed E-state index contributed by atoms with van der Waals surface area (Å²) >= 11 is 3.59. The summed E-state index contributed by atoms with van der Waals surface area (Å²) in [5.41, 5.74) is 8.55. The molecular formula is C18H22BrCl2N3O. The van der Waals surface area contributed by atoms with Crippen molar-refractivity contribution < 1.29 is 4.79 Å². The average molecular weight is 447 g/mol. The van der Waals surface area contributed by atoms with Crippen molar-refractivity contribution in [3.8, 4) is 0 Å². The zero-order valence-electron chi connectivity index (χ0n) is 13.7. The largest absolute Gasteiger partial charge is 0.399 e. The van der Waals surface area contributed by atoms with Crippen molar-refractivity contribution >= 4 is 58.0 Å². The summed E-state index contributed by atoms with van der Waals surface area (Å²) in [5.74, 6) is 0.0637. The molecule has 2 aromatic rings. The Bertz CT molecular complexity index is 697. The average Bonchev–Trinajstić information content (AvgIpc) is 2.98. The molecule has 2 aromatic carbocycles. The van der Waals surface area contributed by atoms with Gasteiger partial charge in [-0.15, -0.1) is 24.8 Å². The SMILES string of the molecule is Cl.Cl.Nc1ccc(CC(=O)NC2CCN(c3ccccc3Br)C2)cc1. The van der Waals surface area contributed by atoms with Crippen LogP contribution in [-0.2, 0) is 11.2 Å². The molecule has 0 radical (unpaired) electrons. The first-order chi connectivity index (χ1) is 11.1. The standard InChI is InChI=1S/C18H20BrN3O.2ClH/c19-16-3-1-2-4-17(16)22-10-9-15(12-22)21-18(23)11-13-5-7-14(20)8-6-13;;/h1-8,15H,9-12,20H2,(H,21,23);2*1H. The molecule has 4 nitrogen and oxygen atoms in total. The smallest absolute Gasteiger partial charge is 0.224 e. The summed E-state index contributed by atoms with van der Waals surface area (Å²) in [7, 11) is 0. The molecule has 1 saturated heterocycles. The molecule has 1 fully saturated rings. The summed E-state index contributed by atoms with van der Waals surface area (Å²) in [6.07, 6.45) is 1.36. The summed E-state index contributed by atoms with van der Waals surface area (Å²) in [5, 5.41) is 3.13. The van der Waals surface area contributed by atoms with Crippen LogP contribution in [0.2, 0.25) is 0 Å². The van der Waals surface area contributed by atoms with E-state index in [1.165, 1.54) is 5.69 Å². The van der Waals surface area contributed by atoms with Crippen molar-refractivity contribution in [2.75, 3.05) is 23.7 Å². The molecule has 0 aliphatic carbocycles. The first kappa shape index (κ1) is 21.6. The molecule has 7 heteroatoms. The fraction of sp³-hybridized carbons (Fsp3) is 0.278. The number of hydrogen-bond acceptors (Lipinski definition) is 3. The Labute approximate surface area is 169 Å². The van der Waals surface area contributed by atoms with Crippen LogP contribution in [0, 0.1) is 0 Å². The number of para-hydroxylation sites is 1. The quantitative estimate of drug-likeness (QED) is 0.702. The van der Waals surface area contributed by atoms with Gasteiger partial charge >= 0.3 is 0 Å². The number of hydrogen-bond donors (Lipinski definition) is 2. The topological polar surface area (TPSA) is 58.4 Å². The van der Waals surface area contributed by atoms with Gasteiger partial charge in [-0.3, -0.25) is 4.79 Å². The second-order valence-electron chi connectivity index (χ2n) is 5.87. The number of carbonyl (C=O) groups excluding carboxylic acids is 1. The number of amides is 1. The Morgan fingerprint density at radius 2 is 1.84 bits per heavy atom. The summed E-state index contributed by atoms with van der Waals surface area (Å²) < 4.78 is 1.09. The third-order valence-corrected chi connectivity index (χ3v) is 4.76. The van der Waals surface area contributed by atoms with E-state index in [1.54, 1.807) is 0 Å². The van der Waals surface area contributed by atoms with Crippen LogP contribution >= 0.6 is 40.7 Å². The molecule has 1 amide bonds. The van der Waals surface area contributed by atoms with Crippen LogP contribution in [0.5, 0.6) is 0 Å². The maximum Gasteiger partial charge on any atom is 0.224 e. The zero-order chi connectivity index (χ0) is 16.2. The van der Waals surface area contributed by atoms with Crippen LogP contribution in [0.15, 0.2) is 53.0 Å². The van der Waals surface area contributed by atoms with E-state index in [-0.39, 0.29) is 36.8 Å². The van der Waals surface area contributed by atoms with Crippen molar-refractivity contribution in [1.82, 2.24) is 5.32 Å². The molecule has 1 aliphatic heterocycles. The number of rotatable bonds is 4. The fourth-order valence-electron chi connectivity index (χ4n) is 2.90. The molecule has 0 saturated carbocycles. The second-order valence-corrected chi connectivity index (χ2v) is 6.72. The number of nitrogen functional groups attached to an aromatic ring is 1. The second kappa shape index (κ2) is 9.90. The number of carbonyl (C=O) groups is 1. The van der Waals surface area contributed by atoms with Gasteiger partial charge in [0.2, 0.25) is 5.91 Å². The van der Waals surface area contributed by atoms with Crippen LogP contribution in [-0.4, -0.2) is 25.0 Å². The van der Waals surface area contributed by atoms with Gasteiger partial charge < -0.3 is 16.0 Å². The molecule has 3 N–H and O–H groups in total. The summed E-state index contributed by atoms with van der Waals surface area (Å²) in [6.45, 7) is 1.80. The highest BCUT2D eigenvalue weighted by molar-refractivity contribution is 9.10. The molecule has 25 heavy (non-hydrogen) atoms. The molecule has 3 rings (SSSR count). The van der Waals surface area contributed by atoms with Crippen LogP contribution in [0.1, 0.15) is 12.0 Å². The van der Waals surface area contributed by atoms with Gasteiger partial charge in [0.1, 0.15) is 0 Å². The highest BCUT2D eigenvalue weighted by Crippen LogP contribution is 2.28. The van der Waals surface area contributed by atoms with E-state index in [4.69, 9.17) is 5.73 Å². The minimum absolute atomic E-state index is 0. The lowest BCUT2D eigenvalue weighted by Gasteiger charge is -2.20. The lowest BCUT2D eigenvalue weighted by molar-refractivity contribution is -0.121. The maximum absolute atomic E-state index is 12.2. The first-order valence-corrected chi connectivity index (χ1v) is 8.54. The van der Waals surface area contributed by atoms with Crippen molar-refractivity contribution in [1.29, 1.82) is 0 Å². The Hall–Kier alpha value is -1.43. The van der Waals surface area contributed by atoms with E-state index in [0.717, 1.165) is 29.5 Å². The van der Waals surface area contributed by atoms with Crippen molar-refractivity contribution in [3.05, 3.63) is 58.6 Å². The molecule has 0 aromatic heterocycles. The van der Waals surface area contributed by atoms with Crippen LogP contribution < -0.4 is 16.0 Å². The summed E-state index contributed by atoms with van der Waals surface area (Å²) in [4.78, 5) is 14.5. The minimum atomic E-state index is 0. The molecule has 1 unspecified atom stereocenters. The van der Waals surface area contributed by atoms with E-state index in [2.05, 4.69) is 32.2 Å². The lowest BCUT2D eigenvalue weighted by Crippen LogP contribution is -2.38. The molecule has 1 heterocycles. The van der Waals surface area contributed by atoms with Gasteiger partial charge in [-0.25, -0.2) is 0 Å². The van der Waals surface area contributed by atoms with Crippen LogP contribution in [0.25, 0.3) is 0 Å². The van der Waals surface area contributed by atoms with E-state index < -0.39 is 0 Å². The van der Waals surface area contributed by atoms with Gasteiger partial charge in [-0.05, 0) is 52.2 Å². The molecular weight excluding hydrogens is 425 g/mol. The predicted octanol–water partition coefficient (Wildman–Crippen LogP) is 3.81. The van der Waals surface area contributed by atoms with E-state index in [9.17, 15) is 4.79 Å². The van der Waals surface area contributed by atoms with Crippen molar-refractivity contribution in [2.24, 2.45) is 0 Å². The fourth-order valence-corrected chi connectivity index (χ4v) is 3.44. The predicted molar refractivity (Wildman–Crippen MR) is 112 cm³/mol. The van der Waals surface area contributed by atoms with Gasteiger partial charge in [-0.1, -0.05) is 24.3 Å². The third kappa shape index (κ3) is 5.80. The van der Waals surface area contributed by atoms with Gasteiger partial charge in [0.05, 0.1) is 12.1 Å². The Kier molecular flexibility index (Phi) is 8.56. The Balaban J connectivity index is 0.00000156. The van der Waals surface area contributed by atoms with Crippen LogP contribution in [0.3, 0.4) is 0 Å². The van der Waals surface area contributed by atoms with Gasteiger partial charge in [0, 0.05) is 29.3 Å². The van der Waals surface area contributed by atoms with Gasteiger partial charge in [0.25, 0.3) is 0 Å². The number of halogens is 3. The number of nitrogens with zero attached hydrogens (tertiary/aromatic N) is 1. The molecule has 136 valence electrons. The molecule has 0 spiro atoms. The molecule has 1 atom stereocenters. The number of nitrogens with one attached hydrogen (secondary N) is 1. The van der Waals surface area contributed by atoms with E-state index in [1.807, 2.05) is 42.5 Å². The monoisotopic (exact) mass is 445 g/mol. The van der Waals surface area contributed by atoms with E-state index in [0.29, 0.717) is 12.1 Å². The van der Waals surface area contributed by atoms with E-state index >= 15 is 0 Å². The third-order valence-electron chi connectivity index (χ3n) is 4.09. The minimum Gasteiger partial charge on any atom is -0.399 e.